The van der Waals surface area contributed by atoms with Crippen LogP contribution in [0.4, 0.5) is 0 Å². The first-order valence-electron chi connectivity index (χ1n) is 12.4. The van der Waals surface area contributed by atoms with Crippen LogP contribution in [0.1, 0.15) is 36.8 Å². The molecule has 2 aromatic carbocycles. The smallest absolute Gasteiger partial charge is 0.161 e. The second-order valence-electron chi connectivity index (χ2n) is 9.44. The number of aliphatic hydroxyl groups is 1. The van der Waals surface area contributed by atoms with E-state index in [2.05, 4.69) is 28.9 Å². The molecule has 0 aliphatic carbocycles. The lowest BCUT2D eigenvalue weighted by molar-refractivity contribution is -0.0168. The Morgan fingerprint density at radius 3 is 2.66 bits per heavy atom. The third kappa shape index (κ3) is 7.47. The molecule has 0 spiro atoms. The van der Waals surface area contributed by atoms with Gasteiger partial charge in [-0.25, -0.2) is 4.98 Å². The molecule has 0 unspecified atom stereocenters. The van der Waals surface area contributed by atoms with Crippen molar-refractivity contribution < 1.29 is 19.3 Å². The third-order valence-electron chi connectivity index (χ3n) is 6.55. The van der Waals surface area contributed by atoms with Crippen molar-refractivity contribution in [3.8, 4) is 17.2 Å². The molecule has 7 nitrogen and oxygen atoms in total. The molecule has 1 fully saturated rings. The summed E-state index contributed by atoms with van der Waals surface area (Å²) in [5.41, 5.74) is 1.57. The van der Waals surface area contributed by atoms with Crippen LogP contribution in [-0.2, 0) is 13.1 Å². The minimum Gasteiger partial charge on any atom is -0.493 e. The van der Waals surface area contributed by atoms with Crippen LogP contribution in [-0.4, -0.2) is 58.6 Å². The zero-order valence-electron chi connectivity index (χ0n) is 20.9. The van der Waals surface area contributed by atoms with Crippen molar-refractivity contribution in [1.82, 2.24) is 14.5 Å². The van der Waals surface area contributed by atoms with Crippen molar-refractivity contribution in [3.63, 3.8) is 0 Å². The Bertz CT molecular complexity index is 1040. The first kappa shape index (κ1) is 25.1. The standard InChI is InChI=1S/C28H37N3O4/c1-23-5-8-25(9-6-23)35-21-28(32)11-3-14-30(16-12-28)20-24-7-10-26(33-2)27(19-24)34-18-4-15-31-17-13-29-22-31/h5-10,13,17,19,22,32H,3-4,11-12,14-16,18,20-21H2,1-2H3/t28-/m0/s1. The topological polar surface area (TPSA) is 69.0 Å². The van der Waals surface area contributed by atoms with Gasteiger partial charge in [-0.1, -0.05) is 23.8 Å². The van der Waals surface area contributed by atoms with E-state index in [-0.39, 0.29) is 0 Å². The van der Waals surface area contributed by atoms with E-state index in [9.17, 15) is 5.11 Å². The Morgan fingerprint density at radius 1 is 1.03 bits per heavy atom. The summed E-state index contributed by atoms with van der Waals surface area (Å²) in [6.45, 7) is 6.43. The summed E-state index contributed by atoms with van der Waals surface area (Å²) in [6, 6.07) is 14.1. The minimum absolute atomic E-state index is 0.323. The van der Waals surface area contributed by atoms with Crippen molar-refractivity contribution in [2.24, 2.45) is 0 Å². The lowest BCUT2D eigenvalue weighted by atomic mass is 9.96. The predicted molar refractivity (Wildman–Crippen MR) is 136 cm³/mol. The molecule has 35 heavy (non-hydrogen) atoms. The van der Waals surface area contributed by atoms with Crippen LogP contribution in [0.15, 0.2) is 61.2 Å². The fraction of sp³-hybridized carbons (Fsp3) is 0.464. The third-order valence-corrected chi connectivity index (χ3v) is 6.55. The molecule has 1 aromatic heterocycles. The lowest BCUT2D eigenvalue weighted by Gasteiger charge is -2.27. The van der Waals surface area contributed by atoms with Crippen LogP contribution in [0, 0.1) is 6.92 Å². The largest absolute Gasteiger partial charge is 0.493 e. The van der Waals surface area contributed by atoms with Gasteiger partial charge in [0, 0.05) is 32.0 Å². The number of nitrogens with zero attached hydrogens (tertiary/aromatic N) is 3. The van der Waals surface area contributed by atoms with Gasteiger partial charge in [0.15, 0.2) is 11.5 Å². The van der Waals surface area contributed by atoms with E-state index in [1.807, 2.05) is 47.4 Å². The maximum atomic E-state index is 11.2. The normalized spacial score (nSPS) is 18.7. The summed E-state index contributed by atoms with van der Waals surface area (Å²) in [7, 11) is 1.67. The van der Waals surface area contributed by atoms with E-state index in [1.54, 1.807) is 13.3 Å². The van der Waals surface area contributed by atoms with Crippen LogP contribution in [0.5, 0.6) is 17.2 Å². The van der Waals surface area contributed by atoms with Crippen molar-refractivity contribution in [1.29, 1.82) is 0 Å². The highest BCUT2D eigenvalue weighted by Crippen LogP contribution is 2.30. The van der Waals surface area contributed by atoms with Crippen molar-refractivity contribution in [2.45, 2.75) is 51.3 Å². The second kappa shape index (κ2) is 12.1. The molecule has 188 valence electrons. The lowest BCUT2D eigenvalue weighted by Crippen LogP contribution is -2.37. The number of aromatic nitrogens is 2. The van der Waals surface area contributed by atoms with E-state index in [4.69, 9.17) is 14.2 Å². The average molecular weight is 480 g/mol. The number of methoxy groups -OCH3 is 1. The van der Waals surface area contributed by atoms with Gasteiger partial charge in [-0.2, -0.15) is 0 Å². The minimum atomic E-state index is -0.803. The molecule has 4 rings (SSSR count). The van der Waals surface area contributed by atoms with E-state index in [0.717, 1.165) is 62.7 Å². The van der Waals surface area contributed by atoms with Gasteiger partial charge < -0.3 is 23.9 Å². The first-order chi connectivity index (χ1) is 17.0. The molecule has 0 radical (unpaired) electrons. The Morgan fingerprint density at radius 2 is 1.89 bits per heavy atom. The fourth-order valence-corrected chi connectivity index (χ4v) is 4.43. The van der Waals surface area contributed by atoms with Crippen LogP contribution in [0.25, 0.3) is 0 Å². The van der Waals surface area contributed by atoms with Crippen LogP contribution < -0.4 is 14.2 Å². The fourth-order valence-electron chi connectivity index (χ4n) is 4.43. The van der Waals surface area contributed by atoms with Crippen molar-refractivity contribution in [2.75, 3.05) is 33.4 Å². The van der Waals surface area contributed by atoms with Gasteiger partial charge in [-0.15, -0.1) is 0 Å². The zero-order valence-corrected chi connectivity index (χ0v) is 20.9. The predicted octanol–water partition coefficient (Wildman–Crippen LogP) is 4.47. The summed E-state index contributed by atoms with van der Waals surface area (Å²) >= 11 is 0. The van der Waals surface area contributed by atoms with Gasteiger partial charge in [0.25, 0.3) is 0 Å². The van der Waals surface area contributed by atoms with Gasteiger partial charge in [0.2, 0.25) is 0 Å². The van der Waals surface area contributed by atoms with E-state index < -0.39 is 5.60 Å². The Labute approximate surface area is 208 Å². The highest BCUT2D eigenvalue weighted by atomic mass is 16.5. The quantitative estimate of drug-likeness (QED) is 0.410. The number of imidazole rings is 1. The van der Waals surface area contributed by atoms with Crippen LogP contribution in [0.2, 0.25) is 0 Å². The molecule has 1 aliphatic heterocycles. The Hall–Kier alpha value is -3.03. The van der Waals surface area contributed by atoms with Crippen molar-refractivity contribution in [3.05, 3.63) is 72.3 Å². The molecule has 1 aliphatic rings. The summed E-state index contributed by atoms with van der Waals surface area (Å²) in [5, 5.41) is 11.2. The van der Waals surface area contributed by atoms with E-state index >= 15 is 0 Å². The number of ether oxygens (including phenoxy) is 3. The number of likely N-dealkylation sites (tertiary alicyclic amines) is 1. The highest BCUT2D eigenvalue weighted by Gasteiger charge is 2.31. The first-order valence-corrected chi connectivity index (χ1v) is 12.4. The number of aryl methyl sites for hydroxylation is 2. The number of rotatable bonds is 11. The van der Waals surface area contributed by atoms with Crippen molar-refractivity contribution >= 4 is 0 Å². The van der Waals surface area contributed by atoms with Gasteiger partial charge in [0.05, 0.1) is 25.6 Å². The molecule has 1 saturated heterocycles. The molecule has 0 saturated carbocycles. The number of hydrogen-bond donors (Lipinski definition) is 1. The monoisotopic (exact) mass is 479 g/mol. The molecular weight excluding hydrogens is 442 g/mol. The molecule has 0 bridgehead atoms. The summed E-state index contributed by atoms with van der Waals surface area (Å²) in [4.78, 5) is 6.47. The van der Waals surface area contributed by atoms with Gasteiger partial charge in [-0.05, 0) is 69.0 Å². The Balaban J connectivity index is 1.28. The van der Waals surface area contributed by atoms with Crippen LogP contribution in [0.3, 0.4) is 0 Å². The summed E-state index contributed by atoms with van der Waals surface area (Å²) in [5.74, 6) is 2.32. The average Bonchev–Trinajstić information content (AvgIpc) is 3.32. The molecule has 0 amide bonds. The summed E-state index contributed by atoms with van der Waals surface area (Å²) < 4.78 is 19.5. The van der Waals surface area contributed by atoms with Gasteiger partial charge >= 0.3 is 0 Å². The molecule has 1 N–H and O–H groups in total. The maximum Gasteiger partial charge on any atom is 0.161 e. The van der Waals surface area contributed by atoms with Crippen LogP contribution >= 0.6 is 0 Å². The molecule has 7 heteroatoms. The highest BCUT2D eigenvalue weighted by molar-refractivity contribution is 5.43. The maximum absolute atomic E-state index is 11.2. The Kier molecular flexibility index (Phi) is 8.66. The molecule has 3 aromatic rings. The van der Waals surface area contributed by atoms with E-state index in [0.29, 0.717) is 19.6 Å². The molecule has 1 atom stereocenters. The van der Waals surface area contributed by atoms with Gasteiger partial charge in [0.1, 0.15) is 12.4 Å². The van der Waals surface area contributed by atoms with Gasteiger partial charge in [-0.3, -0.25) is 4.90 Å². The number of benzene rings is 2. The zero-order chi connectivity index (χ0) is 24.5. The molecular formula is C28H37N3O4. The van der Waals surface area contributed by atoms with E-state index in [1.165, 1.54) is 11.1 Å². The molecule has 2 heterocycles. The summed E-state index contributed by atoms with van der Waals surface area (Å²) in [6.07, 6.45) is 8.81. The second-order valence-corrected chi connectivity index (χ2v) is 9.44. The number of hydrogen-bond acceptors (Lipinski definition) is 6. The SMILES string of the molecule is COc1ccc(CN2CCC[C@@](O)(COc3ccc(C)cc3)CC2)cc1OCCCn1ccnc1.